The van der Waals surface area contributed by atoms with Gasteiger partial charge in [-0.05, 0) is 44.5 Å². The van der Waals surface area contributed by atoms with Crippen LogP contribution in [0.25, 0.3) is 0 Å². The molecule has 1 aromatic carbocycles. The van der Waals surface area contributed by atoms with Gasteiger partial charge < -0.3 is 5.32 Å². The van der Waals surface area contributed by atoms with Gasteiger partial charge in [-0.2, -0.15) is 8.42 Å². The lowest BCUT2D eigenvalue weighted by Gasteiger charge is -2.15. The molecule has 7 nitrogen and oxygen atoms in total. The van der Waals surface area contributed by atoms with Gasteiger partial charge in [0, 0.05) is 0 Å². The maximum Gasteiger partial charge on any atom is 0.330 e. The molecular weight excluding hydrogens is 330 g/mol. The van der Waals surface area contributed by atoms with Crippen LogP contribution in [0.2, 0.25) is 5.02 Å². The van der Waals surface area contributed by atoms with Crippen molar-refractivity contribution in [1.29, 1.82) is 0 Å². The summed E-state index contributed by atoms with van der Waals surface area (Å²) in [6.07, 6.45) is 2.39. The fourth-order valence-corrected chi connectivity index (χ4v) is 2.38. The van der Waals surface area contributed by atoms with E-state index in [1.165, 1.54) is 12.8 Å². The standard InChI is InChI=1S/C13H17ClN2O.H3NO3S/c1-10-5-4-6-11(14)13(10)15-12(17)9-16-7-2-3-8-16;1-5(2,3)4/h4-6H,2-3,7-9H2,1H3,(H,15,17);(H3,1,2,3,4). The van der Waals surface area contributed by atoms with Crippen LogP contribution in [0.15, 0.2) is 18.2 Å². The Labute approximate surface area is 135 Å². The number of para-hydroxylation sites is 1. The number of nitrogens with zero attached hydrogens (tertiary/aromatic N) is 1. The van der Waals surface area contributed by atoms with Gasteiger partial charge in [-0.25, -0.2) is 5.14 Å². The summed E-state index contributed by atoms with van der Waals surface area (Å²) in [5, 5.41) is 7.37. The van der Waals surface area contributed by atoms with Gasteiger partial charge in [0.1, 0.15) is 0 Å². The van der Waals surface area contributed by atoms with E-state index in [-0.39, 0.29) is 5.91 Å². The number of nitrogens with two attached hydrogens (primary N) is 1. The Morgan fingerprint density at radius 2 is 1.95 bits per heavy atom. The Morgan fingerprint density at radius 1 is 1.41 bits per heavy atom. The Hall–Kier alpha value is -1.19. The Bertz CT molecular complexity index is 587. The van der Waals surface area contributed by atoms with Crippen LogP contribution < -0.4 is 10.5 Å². The number of hydrogen-bond acceptors (Lipinski definition) is 4. The molecule has 1 aliphatic heterocycles. The number of amides is 1. The van der Waals surface area contributed by atoms with Gasteiger partial charge in [0.15, 0.2) is 0 Å². The molecule has 0 aromatic heterocycles. The molecular formula is C13H20ClN3O4S. The molecule has 0 aliphatic carbocycles. The third-order valence-electron chi connectivity index (χ3n) is 3.05. The first-order valence-corrected chi connectivity index (χ1v) is 8.57. The van der Waals surface area contributed by atoms with Gasteiger partial charge in [-0.15, -0.1) is 0 Å². The number of rotatable bonds is 3. The molecule has 0 spiro atoms. The van der Waals surface area contributed by atoms with Crippen LogP contribution in [0.5, 0.6) is 0 Å². The second kappa shape index (κ2) is 8.44. The first-order chi connectivity index (χ1) is 10.2. The van der Waals surface area contributed by atoms with Gasteiger partial charge >= 0.3 is 10.3 Å². The number of anilines is 1. The highest BCUT2D eigenvalue weighted by atomic mass is 35.5. The van der Waals surface area contributed by atoms with E-state index in [9.17, 15) is 4.79 Å². The van der Waals surface area contributed by atoms with E-state index in [0.29, 0.717) is 11.6 Å². The van der Waals surface area contributed by atoms with Crippen LogP contribution in [0.4, 0.5) is 5.69 Å². The smallest absolute Gasteiger partial charge is 0.323 e. The van der Waals surface area contributed by atoms with Crippen molar-refractivity contribution in [3.63, 3.8) is 0 Å². The number of carbonyl (C=O) groups is 1. The van der Waals surface area contributed by atoms with E-state index in [1.54, 1.807) is 6.07 Å². The molecule has 1 heterocycles. The first kappa shape index (κ1) is 18.9. The second-order valence-corrected chi connectivity index (χ2v) is 6.42. The molecule has 0 saturated carbocycles. The average Bonchev–Trinajstić information content (AvgIpc) is 2.85. The summed E-state index contributed by atoms with van der Waals surface area (Å²) >= 11 is 6.06. The lowest BCUT2D eigenvalue weighted by molar-refractivity contribution is -0.117. The zero-order valence-electron chi connectivity index (χ0n) is 12.3. The lowest BCUT2D eigenvalue weighted by Crippen LogP contribution is -2.31. The fourth-order valence-electron chi connectivity index (χ4n) is 2.11. The van der Waals surface area contributed by atoms with Crippen molar-refractivity contribution in [2.75, 3.05) is 25.0 Å². The van der Waals surface area contributed by atoms with Crippen molar-refractivity contribution in [2.24, 2.45) is 5.14 Å². The number of likely N-dealkylation sites (tertiary alicyclic amines) is 1. The van der Waals surface area contributed by atoms with Crippen LogP contribution in [-0.4, -0.2) is 43.4 Å². The topological polar surface area (TPSA) is 113 Å². The molecule has 0 bridgehead atoms. The third-order valence-corrected chi connectivity index (χ3v) is 3.37. The monoisotopic (exact) mass is 349 g/mol. The van der Waals surface area contributed by atoms with Crippen molar-refractivity contribution >= 4 is 33.5 Å². The third kappa shape index (κ3) is 7.71. The average molecular weight is 350 g/mol. The Kier molecular flexibility index (Phi) is 7.24. The van der Waals surface area contributed by atoms with E-state index < -0.39 is 10.3 Å². The summed E-state index contributed by atoms with van der Waals surface area (Å²) in [6.45, 7) is 4.45. The van der Waals surface area contributed by atoms with Crippen LogP contribution in [0, 0.1) is 6.92 Å². The molecule has 4 N–H and O–H groups in total. The number of hydrogen-bond donors (Lipinski definition) is 3. The molecule has 2 rings (SSSR count). The largest absolute Gasteiger partial charge is 0.330 e. The van der Waals surface area contributed by atoms with Crippen molar-refractivity contribution in [1.82, 2.24) is 4.90 Å². The Morgan fingerprint density at radius 3 is 2.45 bits per heavy atom. The number of carbonyl (C=O) groups excluding carboxylic acids is 1. The van der Waals surface area contributed by atoms with Crippen LogP contribution in [-0.2, 0) is 15.1 Å². The van der Waals surface area contributed by atoms with Crippen LogP contribution in [0.1, 0.15) is 18.4 Å². The van der Waals surface area contributed by atoms with Crippen LogP contribution >= 0.6 is 11.6 Å². The summed E-state index contributed by atoms with van der Waals surface area (Å²) in [4.78, 5) is 14.0. The zero-order valence-corrected chi connectivity index (χ0v) is 13.8. The van der Waals surface area contributed by atoms with Crippen molar-refractivity contribution in [3.8, 4) is 0 Å². The van der Waals surface area contributed by atoms with E-state index in [0.717, 1.165) is 24.3 Å². The molecule has 1 amide bonds. The summed E-state index contributed by atoms with van der Waals surface area (Å²) in [6, 6.07) is 5.62. The predicted octanol–water partition coefficient (Wildman–Crippen LogP) is 1.43. The molecule has 0 unspecified atom stereocenters. The highest BCUT2D eigenvalue weighted by Gasteiger charge is 2.16. The normalized spacial score (nSPS) is 15.1. The molecule has 22 heavy (non-hydrogen) atoms. The molecule has 1 saturated heterocycles. The zero-order chi connectivity index (χ0) is 16.8. The van der Waals surface area contributed by atoms with Gasteiger partial charge in [0.25, 0.3) is 0 Å². The second-order valence-electron chi connectivity index (χ2n) is 4.98. The highest BCUT2D eigenvalue weighted by molar-refractivity contribution is 7.83. The molecule has 9 heteroatoms. The van der Waals surface area contributed by atoms with E-state index in [2.05, 4.69) is 15.4 Å². The van der Waals surface area contributed by atoms with Gasteiger partial charge in [-0.3, -0.25) is 14.2 Å². The van der Waals surface area contributed by atoms with E-state index >= 15 is 0 Å². The number of nitrogens with one attached hydrogen (secondary N) is 1. The summed E-state index contributed by atoms with van der Waals surface area (Å²) in [5.41, 5.74) is 1.73. The number of benzene rings is 1. The maximum absolute atomic E-state index is 11.9. The molecule has 1 aliphatic rings. The number of aryl methyl sites for hydroxylation is 1. The summed E-state index contributed by atoms with van der Waals surface area (Å²) < 4.78 is 25.2. The van der Waals surface area contributed by atoms with Crippen molar-refractivity contribution in [2.45, 2.75) is 19.8 Å². The lowest BCUT2D eigenvalue weighted by atomic mass is 10.2. The van der Waals surface area contributed by atoms with Gasteiger partial charge in [0.05, 0.1) is 17.3 Å². The van der Waals surface area contributed by atoms with Gasteiger partial charge in [0.2, 0.25) is 5.91 Å². The number of halogens is 1. The maximum atomic E-state index is 11.9. The summed E-state index contributed by atoms with van der Waals surface area (Å²) in [5.74, 6) is 0.0168. The Balaban J connectivity index is 0.000000422. The highest BCUT2D eigenvalue weighted by Crippen LogP contribution is 2.25. The molecule has 0 atom stereocenters. The van der Waals surface area contributed by atoms with E-state index in [4.69, 9.17) is 24.6 Å². The van der Waals surface area contributed by atoms with Crippen molar-refractivity contribution < 1.29 is 17.8 Å². The molecule has 1 fully saturated rings. The quantitative estimate of drug-likeness (QED) is 0.714. The predicted molar refractivity (Wildman–Crippen MR) is 86.2 cm³/mol. The minimum Gasteiger partial charge on any atom is -0.323 e. The van der Waals surface area contributed by atoms with E-state index in [1.807, 2.05) is 19.1 Å². The minimum absolute atomic E-state index is 0.0168. The first-order valence-electron chi connectivity index (χ1n) is 6.69. The molecule has 0 radical (unpaired) electrons. The molecule has 1 aromatic rings. The molecule has 124 valence electrons. The minimum atomic E-state index is -4.17. The fraction of sp³-hybridized carbons (Fsp3) is 0.462. The van der Waals surface area contributed by atoms with Crippen LogP contribution in [0.3, 0.4) is 0 Å². The SMILES string of the molecule is Cc1cccc(Cl)c1NC(=O)CN1CCCC1.NS(=O)(=O)O. The van der Waals surface area contributed by atoms with Crippen molar-refractivity contribution in [3.05, 3.63) is 28.8 Å². The van der Waals surface area contributed by atoms with Gasteiger partial charge in [-0.1, -0.05) is 23.7 Å². The summed E-state index contributed by atoms with van der Waals surface area (Å²) in [7, 11) is -4.17.